The smallest absolute Gasteiger partial charge is 0.326 e. The minimum Gasteiger partial charge on any atom is -0.481 e. The van der Waals surface area contributed by atoms with Crippen LogP contribution in [0, 0.1) is 0 Å². The lowest BCUT2D eigenvalue weighted by molar-refractivity contribution is -0.143. The Kier molecular flexibility index (Phi) is 30.6. The molecule has 0 spiro atoms. The van der Waals surface area contributed by atoms with E-state index in [0.29, 0.717) is 19.6 Å². The van der Waals surface area contributed by atoms with Crippen LogP contribution in [-0.4, -0.2) is 93.8 Å². The van der Waals surface area contributed by atoms with Gasteiger partial charge < -0.3 is 30.8 Å². The van der Waals surface area contributed by atoms with E-state index in [1.807, 2.05) is 0 Å². The standard InChI is InChI=1S/C23H41NO5.C6H15NO3/c1-2-3-4-5-6-7-8-9-10-11-12-13-14-15-16-17-21(25)24-20(23(28)29)18-19-22(26)27;8-4-1-7(2-5-9)3-6-10/h9-10,20H,2-8,11-19H2,1H3,(H,24,25)(H,26,27)(H,28,29);8-10H,1-6H2/b10-9-;/t20-;/m0./s1. The lowest BCUT2D eigenvalue weighted by Gasteiger charge is -2.17. The van der Waals surface area contributed by atoms with Crippen LogP contribution in [0.5, 0.6) is 0 Å². The third-order valence-corrected chi connectivity index (χ3v) is 6.19. The molecule has 0 unspecified atom stereocenters. The van der Waals surface area contributed by atoms with Crippen molar-refractivity contribution in [1.82, 2.24) is 10.2 Å². The highest BCUT2D eigenvalue weighted by Crippen LogP contribution is 2.10. The summed E-state index contributed by atoms with van der Waals surface area (Å²) in [4.78, 5) is 35.2. The summed E-state index contributed by atoms with van der Waals surface area (Å²) in [5.41, 5.74) is 0. The molecule has 0 aromatic carbocycles. The number of unbranched alkanes of at least 4 members (excludes halogenated alkanes) is 11. The summed E-state index contributed by atoms with van der Waals surface area (Å²) in [5, 5.41) is 45.5. The number of nitrogens with one attached hydrogen (secondary N) is 1. The maximum absolute atomic E-state index is 11.8. The van der Waals surface area contributed by atoms with Crippen molar-refractivity contribution in [3.8, 4) is 0 Å². The number of aliphatic carboxylic acids is 2. The Hall–Kier alpha value is -2.01. The first-order valence-electron chi connectivity index (χ1n) is 14.8. The van der Waals surface area contributed by atoms with Crippen molar-refractivity contribution >= 4 is 17.8 Å². The zero-order valence-electron chi connectivity index (χ0n) is 24.2. The lowest BCUT2D eigenvalue weighted by Crippen LogP contribution is -2.41. The largest absolute Gasteiger partial charge is 0.481 e. The SMILES string of the molecule is CCCCCCCC/C=C\CCCCCCCC(=O)N[C@@H](CCC(=O)O)C(=O)O.OCCN(CCO)CCO. The molecule has 39 heavy (non-hydrogen) atoms. The van der Waals surface area contributed by atoms with Gasteiger partial charge in [-0.15, -0.1) is 0 Å². The molecule has 1 atom stereocenters. The first kappa shape index (κ1) is 39.1. The third kappa shape index (κ3) is 30.4. The Bertz CT molecular complexity index is 602. The van der Waals surface area contributed by atoms with Gasteiger partial charge in [0, 0.05) is 32.5 Å². The number of carboxylic acids is 2. The number of carboxylic acid groups (broad SMARTS) is 2. The summed E-state index contributed by atoms with van der Waals surface area (Å²) in [7, 11) is 0. The van der Waals surface area contributed by atoms with E-state index < -0.39 is 18.0 Å². The molecule has 0 heterocycles. The van der Waals surface area contributed by atoms with Gasteiger partial charge in [0.15, 0.2) is 0 Å². The molecule has 0 fully saturated rings. The van der Waals surface area contributed by atoms with Crippen LogP contribution in [0.3, 0.4) is 0 Å². The molecule has 0 saturated carbocycles. The number of rotatable bonds is 26. The summed E-state index contributed by atoms with van der Waals surface area (Å²) >= 11 is 0. The van der Waals surface area contributed by atoms with Gasteiger partial charge in [0.1, 0.15) is 6.04 Å². The Labute approximate surface area is 235 Å². The van der Waals surface area contributed by atoms with Gasteiger partial charge >= 0.3 is 11.9 Å². The highest BCUT2D eigenvalue weighted by Gasteiger charge is 2.20. The fourth-order valence-electron chi connectivity index (χ4n) is 3.91. The van der Waals surface area contributed by atoms with Crippen molar-refractivity contribution in [3.05, 3.63) is 12.2 Å². The van der Waals surface area contributed by atoms with Crippen LogP contribution in [0.15, 0.2) is 12.2 Å². The monoisotopic (exact) mass is 560 g/mol. The molecule has 0 saturated heterocycles. The predicted octanol–water partition coefficient (Wildman–Crippen LogP) is 3.72. The van der Waals surface area contributed by atoms with Gasteiger partial charge in [-0.3, -0.25) is 14.5 Å². The van der Waals surface area contributed by atoms with E-state index in [0.717, 1.165) is 38.5 Å². The summed E-state index contributed by atoms with van der Waals surface area (Å²) in [5.74, 6) is -2.58. The van der Waals surface area contributed by atoms with Crippen molar-refractivity contribution < 1.29 is 39.9 Å². The van der Waals surface area contributed by atoms with Crippen LogP contribution >= 0.6 is 0 Å². The molecule has 0 rings (SSSR count). The molecule has 0 aromatic rings. The van der Waals surface area contributed by atoms with Crippen molar-refractivity contribution in [2.75, 3.05) is 39.5 Å². The van der Waals surface area contributed by atoms with Gasteiger partial charge in [-0.1, -0.05) is 70.4 Å². The molecule has 0 radical (unpaired) electrons. The first-order chi connectivity index (χ1) is 18.8. The number of hydrogen-bond acceptors (Lipinski definition) is 7. The molecule has 0 aromatic heterocycles. The normalized spacial score (nSPS) is 11.8. The van der Waals surface area contributed by atoms with Crippen molar-refractivity contribution in [2.24, 2.45) is 0 Å². The number of nitrogens with zero attached hydrogens (tertiary/aromatic N) is 1. The molecule has 230 valence electrons. The number of allylic oxidation sites excluding steroid dienone is 2. The molecule has 0 aliphatic rings. The van der Waals surface area contributed by atoms with Gasteiger partial charge in [0.2, 0.25) is 5.91 Å². The lowest BCUT2D eigenvalue weighted by atomic mass is 10.1. The van der Waals surface area contributed by atoms with Crippen LogP contribution in [-0.2, 0) is 14.4 Å². The zero-order chi connectivity index (χ0) is 29.6. The second kappa shape index (κ2) is 30.5. The van der Waals surface area contributed by atoms with Gasteiger partial charge in [-0.2, -0.15) is 0 Å². The maximum Gasteiger partial charge on any atom is 0.326 e. The molecule has 10 heteroatoms. The molecule has 1 amide bonds. The quantitative estimate of drug-likeness (QED) is 0.0682. The number of aliphatic hydroxyl groups excluding tert-OH is 3. The average Bonchev–Trinajstić information content (AvgIpc) is 2.89. The van der Waals surface area contributed by atoms with E-state index in [-0.39, 0.29) is 45.0 Å². The van der Waals surface area contributed by atoms with E-state index in [2.05, 4.69) is 24.4 Å². The van der Waals surface area contributed by atoms with Crippen molar-refractivity contribution in [2.45, 2.75) is 116 Å². The average molecular weight is 561 g/mol. The van der Waals surface area contributed by atoms with Gasteiger partial charge in [0.25, 0.3) is 0 Å². The number of aliphatic hydroxyl groups is 3. The second-order valence-corrected chi connectivity index (χ2v) is 9.74. The van der Waals surface area contributed by atoms with Crippen LogP contribution in [0.1, 0.15) is 110 Å². The predicted molar refractivity (Wildman–Crippen MR) is 154 cm³/mol. The topological polar surface area (TPSA) is 168 Å². The molecular formula is C29H56N2O8. The van der Waals surface area contributed by atoms with E-state index in [1.165, 1.54) is 44.9 Å². The molecule has 0 bridgehead atoms. The number of amides is 1. The summed E-state index contributed by atoms with van der Waals surface area (Å²) < 4.78 is 0. The minimum atomic E-state index is -1.19. The first-order valence-corrected chi connectivity index (χ1v) is 14.8. The number of carbonyl (C=O) groups excluding carboxylic acids is 1. The molecular weight excluding hydrogens is 504 g/mol. The molecule has 0 aliphatic carbocycles. The Balaban J connectivity index is 0. The second-order valence-electron chi connectivity index (χ2n) is 9.74. The van der Waals surface area contributed by atoms with Crippen LogP contribution in [0.4, 0.5) is 0 Å². The van der Waals surface area contributed by atoms with Crippen LogP contribution < -0.4 is 5.32 Å². The fraction of sp³-hybridized carbons (Fsp3) is 0.828. The fourth-order valence-corrected chi connectivity index (χ4v) is 3.91. The number of hydrogen-bond donors (Lipinski definition) is 6. The Morgan fingerprint density at radius 2 is 1.15 bits per heavy atom. The number of carbonyl (C=O) groups is 3. The highest BCUT2D eigenvalue weighted by atomic mass is 16.4. The van der Waals surface area contributed by atoms with Gasteiger partial charge in [-0.05, 0) is 38.5 Å². The van der Waals surface area contributed by atoms with E-state index in [9.17, 15) is 14.4 Å². The van der Waals surface area contributed by atoms with E-state index in [1.54, 1.807) is 4.90 Å². The maximum atomic E-state index is 11.8. The van der Waals surface area contributed by atoms with E-state index >= 15 is 0 Å². The minimum absolute atomic E-state index is 0.0694. The Morgan fingerprint density at radius 1 is 0.692 bits per heavy atom. The van der Waals surface area contributed by atoms with Crippen molar-refractivity contribution in [1.29, 1.82) is 0 Å². The Morgan fingerprint density at radius 3 is 1.59 bits per heavy atom. The molecule has 0 aliphatic heterocycles. The van der Waals surface area contributed by atoms with E-state index in [4.69, 9.17) is 25.5 Å². The summed E-state index contributed by atoms with van der Waals surface area (Å²) in [6.07, 6.45) is 19.9. The zero-order valence-corrected chi connectivity index (χ0v) is 24.2. The molecule has 10 nitrogen and oxygen atoms in total. The summed E-state index contributed by atoms with van der Waals surface area (Å²) in [6, 6.07) is -1.12. The van der Waals surface area contributed by atoms with Crippen LogP contribution in [0.2, 0.25) is 0 Å². The van der Waals surface area contributed by atoms with Gasteiger partial charge in [-0.25, -0.2) is 4.79 Å². The summed E-state index contributed by atoms with van der Waals surface area (Å²) in [6.45, 7) is 3.99. The van der Waals surface area contributed by atoms with Crippen molar-refractivity contribution in [3.63, 3.8) is 0 Å². The highest BCUT2D eigenvalue weighted by molar-refractivity contribution is 5.83. The molecule has 6 N–H and O–H groups in total. The van der Waals surface area contributed by atoms with Gasteiger partial charge in [0.05, 0.1) is 19.8 Å². The van der Waals surface area contributed by atoms with Crippen LogP contribution in [0.25, 0.3) is 0 Å². The third-order valence-electron chi connectivity index (χ3n) is 6.19.